The largest absolute Gasteiger partial charge is 0.497 e. The van der Waals surface area contributed by atoms with Crippen molar-refractivity contribution >= 4 is 34.0 Å². The van der Waals surface area contributed by atoms with Gasteiger partial charge in [-0.3, -0.25) is 10.1 Å². The van der Waals surface area contributed by atoms with Gasteiger partial charge in [-0.1, -0.05) is 12.1 Å². The topological polar surface area (TPSA) is 90.2 Å². The number of nitrogens with zero attached hydrogens (tertiary/aromatic N) is 3. The van der Waals surface area contributed by atoms with Crippen LogP contribution in [0.2, 0.25) is 5.28 Å². The van der Waals surface area contributed by atoms with Crippen LogP contribution < -0.4 is 10.1 Å². The molecule has 0 radical (unpaired) electrons. The zero-order valence-corrected chi connectivity index (χ0v) is 13.4. The smallest absolute Gasteiger partial charge is 0.270 e. The van der Waals surface area contributed by atoms with E-state index in [0.29, 0.717) is 23.3 Å². The van der Waals surface area contributed by atoms with E-state index < -0.39 is 4.92 Å². The van der Waals surface area contributed by atoms with E-state index in [1.165, 1.54) is 12.1 Å². The average molecular weight is 345 g/mol. The first-order chi connectivity index (χ1) is 11.6. The van der Waals surface area contributed by atoms with E-state index in [1.807, 2.05) is 24.3 Å². The third-order valence-electron chi connectivity index (χ3n) is 3.48. The van der Waals surface area contributed by atoms with Gasteiger partial charge in [0.1, 0.15) is 11.6 Å². The summed E-state index contributed by atoms with van der Waals surface area (Å²) in [4.78, 5) is 18.7. The van der Waals surface area contributed by atoms with Crippen LogP contribution in [0.3, 0.4) is 0 Å². The summed E-state index contributed by atoms with van der Waals surface area (Å²) >= 11 is 5.93. The molecule has 122 valence electrons. The maximum Gasteiger partial charge on any atom is 0.270 e. The standard InChI is InChI=1S/C16H13ClN4O3/c1-24-12-5-2-10(3-6-12)9-18-15-13-8-11(21(22)23)4-7-14(13)19-16(17)20-15/h2-8H,9H2,1H3,(H,18,19,20). The SMILES string of the molecule is COc1ccc(CNc2nc(Cl)nc3ccc([N+](=O)[O-])cc23)cc1. The minimum Gasteiger partial charge on any atom is -0.497 e. The van der Waals surface area contributed by atoms with Gasteiger partial charge < -0.3 is 10.1 Å². The van der Waals surface area contributed by atoms with Crippen LogP contribution in [0.5, 0.6) is 5.75 Å². The highest BCUT2D eigenvalue weighted by Crippen LogP contribution is 2.26. The number of rotatable bonds is 5. The lowest BCUT2D eigenvalue weighted by Gasteiger charge is -2.09. The number of ether oxygens (including phenoxy) is 1. The van der Waals surface area contributed by atoms with Crippen LogP contribution in [-0.4, -0.2) is 22.0 Å². The molecule has 0 amide bonds. The van der Waals surface area contributed by atoms with Crippen LogP contribution >= 0.6 is 11.6 Å². The highest BCUT2D eigenvalue weighted by atomic mass is 35.5. The number of methoxy groups -OCH3 is 1. The maximum atomic E-state index is 11.0. The molecule has 24 heavy (non-hydrogen) atoms. The molecule has 0 aliphatic rings. The van der Waals surface area contributed by atoms with Gasteiger partial charge >= 0.3 is 0 Å². The van der Waals surface area contributed by atoms with Gasteiger partial charge in [-0.2, -0.15) is 0 Å². The van der Waals surface area contributed by atoms with E-state index in [4.69, 9.17) is 16.3 Å². The molecule has 7 nitrogen and oxygen atoms in total. The molecule has 0 unspecified atom stereocenters. The summed E-state index contributed by atoms with van der Waals surface area (Å²) in [7, 11) is 1.61. The summed E-state index contributed by atoms with van der Waals surface area (Å²) in [5, 5.41) is 14.7. The molecule has 2 aromatic carbocycles. The summed E-state index contributed by atoms with van der Waals surface area (Å²) in [5.74, 6) is 1.22. The Kier molecular flexibility index (Phi) is 4.43. The lowest BCUT2D eigenvalue weighted by atomic mass is 10.2. The number of non-ortho nitro benzene ring substituents is 1. The van der Waals surface area contributed by atoms with Crippen LogP contribution in [-0.2, 0) is 6.54 Å². The molecular formula is C16H13ClN4O3. The maximum absolute atomic E-state index is 11.0. The van der Waals surface area contributed by atoms with Gasteiger partial charge in [0.05, 0.1) is 17.5 Å². The Morgan fingerprint density at radius 1 is 1.21 bits per heavy atom. The van der Waals surface area contributed by atoms with E-state index in [1.54, 1.807) is 13.2 Å². The fourth-order valence-electron chi connectivity index (χ4n) is 2.27. The molecule has 3 aromatic rings. The number of hydrogen-bond donors (Lipinski definition) is 1. The fraction of sp³-hybridized carbons (Fsp3) is 0.125. The van der Waals surface area contributed by atoms with E-state index in [0.717, 1.165) is 11.3 Å². The van der Waals surface area contributed by atoms with E-state index in [9.17, 15) is 10.1 Å². The van der Waals surface area contributed by atoms with Crippen molar-refractivity contribution in [3.8, 4) is 5.75 Å². The van der Waals surface area contributed by atoms with Crippen molar-refractivity contribution in [3.05, 3.63) is 63.4 Å². The molecule has 1 aromatic heterocycles. The molecule has 0 aliphatic carbocycles. The third kappa shape index (κ3) is 3.36. The molecule has 0 fully saturated rings. The highest BCUT2D eigenvalue weighted by molar-refractivity contribution is 6.28. The van der Waals surface area contributed by atoms with Crippen molar-refractivity contribution in [2.45, 2.75) is 6.54 Å². The van der Waals surface area contributed by atoms with Crippen molar-refractivity contribution in [2.75, 3.05) is 12.4 Å². The Labute approximate surface area is 142 Å². The van der Waals surface area contributed by atoms with Crippen molar-refractivity contribution in [3.63, 3.8) is 0 Å². The molecule has 0 bridgehead atoms. The number of nitro benzene ring substituents is 1. The summed E-state index contributed by atoms with van der Waals surface area (Å²) in [5.41, 5.74) is 1.52. The molecule has 0 aliphatic heterocycles. The van der Waals surface area contributed by atoms with Gasteiger partial charge in [0.15, 0.2) is 0 Å². The molecule has 1 N–H and O–H groups in total. The predicted molar refractivity (Wildman–Crippen MR) is 91.5 cm³/mol. The highest BCUT2D eigenvalue weighted by Gasteiger charge is 2.12. The van der Waals surface area contributed by atoms with E-state index >= 15 is 0 Å². The number of fused-ring (bicyclic) bond motifs is 1. The first-order valence-electron chi connectivity index (χ1n) is 7.05. The van der Waals surface area contributed by atoms with E-state index in [-0.39, 0.29) is 11.0 Å². The Morgan fingerprint density at radius 3 is 2.62 bits per heavy atom. The Bertz CT molecular complexity index is 900. The molecule has 0 saturated carbocycles. The Balaban J connectivity index is 1.91. The molecular weight excluding hydrogens is 332 g/mol. The average Bonchev–Trinajstić information content (AvgIpc) is 2.59. The number of aromatic nitrogens is 2. The second-order valence-corrected chi connectivity index (χ2v) is 5.34. The number of nitrogens with one attached hydrogen (secondary N) is 1. The van der Waals surface area contributed by atoms with E-state index in [2.05, 4.69) is 15.3 Å². The molecule has 8 heteroatoms. The number of benzene rings is 2. The van der Waals surface area contributed by atoms with Gasteiger partial charge in [-0.25, -0.2) is 9.97 Å². The van der Waals surface area contributed by atoms with Gasteiger partial charge in [0, 0.05) is 24.1 Å². The number of nitro groups is 1. The van der Waals surface area contributed by atoms with Crippen LogP contribution in [0.15, 0.2) is 42.5 Å². The van der Waals surface area contributed by atoms with Crippen LogP contribution in [0.4, 0.5) is 11.5 Å². The quantitative estimate of drug-likeness (QED) is 0.430. The summed E-state index contributed by atoms with van der Waals surface area (Å²) in [6.45, 7) is 0.481. The van der Waals surface area contributed by atoms with Crippen LogP contribution in [0, 0.1) is 10.1 Å². The summed E-state index contributed by atoms with van der Waals surface area (Å²) < 4.78 is 5.12. The van der Waals surface area contributed by atoms with Gasteiger partial charge in [0.25, 0.3) is 5.69 Å². The molecule has 0 spiro atoms. The number of hydrogen-bond acceptors (Lipinski definition) is 6. The molecule has 0 atom stereocenters. The number of halogens is 1. The van der Waals surface area contributed by atoms with Gasteiger partial charge in [-0.05, 0) is 35.4 Å². The van der Waals surface area contributed by atoms with Crippen molar-refractivity contribution in [1.82, 2.24) is 9.97 Å². The third-order valence-corrected chi connectivity index (χ3v) is 3.65. The Hall–Kier alpha value is -2.93. The lowest BCUT2D eigenvalue weighted by molar-refractivity contribution is -0.384. The van der Waals surface area contributed by atoms with Crippen LogP contribution in [0.25, 0.3) is 10.9 Å². The predicted octanol–water partition coefficient (Wildman–Crippen LogP) is 3.81. The normalized spacial score (nSPS) is 10.6. The summed E-state index contributed by atoms with van der Waals surface area (Å²) in [6.07, 6.45) is 0. The van der Waals surface area contributed by atoms with Crippen molar-refractivity contribution in [1.29, 1.82) is 0 Å². The number of anilines is 1. The first kappa shape index (κ1) is 15.9. The second-order valence-electron chi connectivity index (χ2n) is 5.00. The lowest BCUT2D eigenvalue weighted by Crippen LogP contribution is -2.03. The molecule has 3 rings (SSSR count). The van der Waals surface area contributed by atoms with Gasteiger partial charge in [0.2, 0.25) is 5.28 Å². The first-order valence-corrected chi connectivity index (χ1v) is 7.43. The van der Waals surface area contributed by atoms with Gasteiger partial charge in [-0.15, -0.1) is 0 Å². The van der Waals surface area contributed by atoms with Crippen LogP contribution in [0.1, 0.15) is 5.56 Å². The zero-order valence-electron chi connectivity index (χ0n) is 12.7. The van der Waals surface area contributed by atoms with Crippen molar-refractivity contribution < 1.29 is 9.66 Å². The minimum atomic E-state index is -0.457. The second kappa shape index (κ2) is 6.67. The molecule has 1 heterocycles. The summed E-state index contributed by atoms with van der Waals surface area (Å²) in [6, 6.07) is 11.9. The molecule has 0 saturated heterocycles. The Morgan fingerprint density at radius 2 is 1.96 bits per heavy atom. The minimum absolute atomic E-state index is 0.0269. The fourth-order valence-corrected chi connectivity index (χ4v) is 2.44. The zero-order chi connectivity index (χ0) is 17.1. The van der Waals surface area contributed by atoms with Crippen molar-refractivity contribution in [2.24, 2.45) is 0 Å². The monoisotopic (exact) mass is 344 g/mol.